The highest BCUT2D eigenvalue weighted by atomic mass is 16.2. The van der Waals surface area contributed by atoms with Crippen molar-refractivity contribution in [2.45, 2.75) is 51.1 Å². The summed E-state index contributed by atoms with van der Waals surface area (Å²) in [7, 11) is 0. The minimum Gasteiger partial charge on any atom is -0.355 e. The van der Waals surface area contributed by atoms with Crippen molar-refractivity contribution in [3.05, 3.63) is 0 Å². The number of hydrogen-bond acceptors (Lipinski definition) is 2. The van der Waals surface area contributed by atoms with Crippen molar-refractivity contribution in [3.63, 3.8) is 0 Å². The van der Waals surface area contributed by atoms with Gasteiger partial charge < -0.3 is 10.6 Å². The average molecular weight is 198 g/mol. The van der Waals surface area contributed by atoms with Gasteiger partial charge in [0.25, 0.3) is 0 Å². The molecule has 14 heavy (non-hydrogen) atoms. The molecule has 4 nitrogen and oxygen atoms in total. The average Bonchev–Trinajstić information content (AvgIpc) is 2.89. The predicted molar refractivity (Wildman–Crippen MR) is 53.7 cm³/mol. The molecule has 0 saturated heterocycles. The Labute approximate surface area is 84.4 Å². The van der Waals surface area contributed by atoms with Crippen LogP contribution in [0, 0.1) is 0 Å². The molecule has 2 N–H and O–H groups in total. The third kappa shape index (κ3) is 4.25. The van der Waals surface area contributed by atoms with Crippen molar-refractivity contribution in [2.24, 2.45) is 0 Å². The van der Waals surface area contributed by atoms with Gasteiger partial charge >= 0.3 is 0 Å². The van der Waals surface area contributed by atoms with E-state index in [0.29, 0.717) is 18.9 Å². The first-order valence-corrected chi connectivity index (χ1v) is 5.25. The molecule has 0 heterocycles. The molecule has 0 spiro atoms. The normalized spacial score (nSPS) is 17.2. The standard InChI is InChI=1S/C10H18N2O2/c1-2-3-9(11-7-13)6-10(14)12-8-4-5-8/h7-9H,2-6H2,1H3,(H,11,13)(H,12,14)/t9-/m0/s1. The van der Waals surface area contributed by atoms with E-state index in [0.717, 1.165) is 25.7 Å². The summed E-state index contributed by atoms with van der Waals surface area (Å²) in [4.78, 5) is 21.6. The molecule has 0 bridgehead atoms. The fourth-order valence-corrected chi connectivity index (χ4v) is 1.43. The van der Waals surface area contributed by atoms with Gasteiger partial charge in [0.15, 0.2) is 0 Å². The van der Waals surface area contributed by atoms with Crippen LogP contribution in [0.1, 0.15) is 39.0 Å². The second-order valence-electron chi connectivity index (χ2n) is 3.82. The maximum Gasteiger partial charge on any atom is 0.222 e. The SMILES string of the molecule is CCC[C@@H](CC(=O)NC1CC1)NC=O. The van der Waals surface area contributed by atoms with Crippen molar-refractivity contribution in [1.82, 2.24) is 10.6 Å². The summed E-state index contributed by atoms with van der Waals surface area (Å²) >= 11 is 0. The lowest BCUT2D eigenvalue weighted by molar-refractivity contribution is -0.121. The summed E-state index contributed by atoms with van der Waals surface area (Å²) < 4.78 is 0. The Balaban J connectivity index is 2.21. The van der Waals surface area contributed by atoms with E-state index in [1.54, 1.807) is 0 Å². The molecule has 0 unspecified atom stereocenters. The maximum atomic E-state index is 11.4. The zero-order chi connectivity index (χ0) is 10.4. The minimum atomic E-state index is -0.00347. The molecular weight excluding hydrogens is 180 g/mol. The second kappa shape index (κ2) is 5.62. The van der Waals surface area contributed by atoms with Gasteiger partial charge in [-0.05, 0) is 19.3 Å². The summed E-state index contributed by atoms with van der Waals surface area (Å²) in [6, 6.07) is 0.400. The lowest BCUT2D eigenvalue weighted by Crippen LogP contribution is -2.35. The Bertz CT molecular complexity index is 202. The smallest absolute Gasteiger partial charge is 0.222 e. The Morgan fingerprint density at radius 1 is 1.57 bits per heavy atom. The van der Waals surface area contributed by atoms with Crippen molar-refractivity contribution in [3.8, 4) is 0 Å². The van der Waals surface area contributed by atoms with Crippen molar-refractivity contribution < 1.29 is 9.59 Å². The molecule has 1 aliphatic rings. The topological polar surface area (TPSA) is 58.2 Å². The number of carbonyl (C=O) groups is 2. The molecule has 1 rings (SSSR count). The van der Waals surface area contributed by atoms with Crippen LogP contribution in [0.25, 0.3) is 0 Å². The zero-order valence-corrected chi connectivity index (χ0v) is 8.58. The predicted octanol–water partition coefficient (Wildman–Crippen LogP) is 0.570. The molecule has 80 valence electrons. The van der Waals surface area contributed by atoms with E-state index in [1.807, 2.05) is 6.92 Å². The van der Waals surface area contributed by atoms with E-state index in [4.69, 9.17) is 0 Å². The van der Waals surface area contributed by atoms with E-state index < -0.39 is 0 Å². The van der Waals surface area contributed by atoms with Crippen LogP contribution in [0.4, 0.5) is 0 Å². The molecule has 4 heteroatoms. The maximum absolute atomic E-state index is 11.4. The quantitative estimate of drug-likeness (QED) is 0.588. The summed E-state index contributed by atoms with van der Waals surface area (Å²) in [5.41, 5.74) is 0. The molecule has 0 radical (unpaired) electrons. The Kier molecular flexibility index (Phi) is 4.43. The van der Waals surface area contributed by atoms with Gasteiger partial charge in [0, 0.05) is 18.5 Å². The van der Waals surface area contributed by atoms with E-state index in [-0.39, 0.29) is 11.9 Å². The lowest BCUT2D eigenvalue weighted by Gasteiger charge is -2.14. The first kappa shape index (κ1) is 11.0. The van der Waals surface area contributed by atoms with Crippen LogP contribution >= 0.6 is 0 Å². The van der Waals surface area contributed by atoms with Crippen LogP contribution in [-0.4, -0.2) is 24.4 Å². The third-order valence-corrected chi connectivity index (χ3v) is 2.32. The molecule has 1 saturated carbocycles. The number of carbonyl (C=O) groups excluding carboxylic acids is 2. The Hall–Kier alpha value is -1.06. The van der Waals surface area contributed by atoms with E-state index in [9.17, 15) is 9.59 Å². The van der Waals surface area contributed by atoms with Crippen LogP contribution in [0.3, 0.4) is 0 Å². The van der Waals surface area contributed by atoms with E-state index >= 15 is 0 Å². The lowest BCUT2D eigenvalue weighted by atomic mass is 10.1. The van der Waals surface area contributed by atoms with Gasteiger partial charge in [-0.3, -0.25) is 9.59 Å². The highest BCUT2D eigenvalue weighted by molar-refractivity contribution is 5.77. The molecule has 1 fully saturated rings. The second-order valence-corrected chi connectivity index (χ2v) is 3.82. The third-order valence-electron chi connectivity index (χ3n) is 2.32. The Morgan fingerprint density at radius 2 is 2.29 bits per heavy atom. The monoisotopic (exact) mass is 198 g/mol. The van der Waals surface area contributed by atoms with Gasteiger partial charge in [-0.2, -0.15) is 0 Å². The van der Waals surface area contributed by atoms with Gasteiger partial charge in [0.2, 0.25) is 12.3 Å². The van der Waals surface area contributed by atoms with Gasteiger partial charge in [-0.1, -0.05) is 13.3 Å². The summed E-state index contributed by atoms with van der Waals surface area (Å²) in [5.74, 6) is 0.0558. The molecule has 1 atom stereocenters. The molecule has 0 aliphatic heterocycles. The van der Waals surface area contributed by atoms with E-state index in [2.05, 4.69) is 10.6 Å². The van der Waals surface area contributed by atoms with Gasteiger partial charge in [-0.25, -0.2) is 0 Å². The summed E-state index contributed by atoms with van der Waals surface area (Å²) in [6.07, 6.45) is 5.11. The fraction of sp³-hybridized carbons (Fsp3) is 0.800. The van der Waals surface area contributed by atoms with Gasteiger partial charge in [-0.15, -0.1) is 0 Å². The van der Waals surface area contributed by atoms with Crippen molar-refractivity contribution in [2.75, 3.05) is 0 Å². The van der Waals surface area contributed by atoms with Crippen molar-refractivity contribution >= 4 is 12.3 Å². The number of nitrogens with one attached hydrogen (secondary N) is 2. The molecule has 0 aromatic heterocycles. The fourth-order valence-electron chi connectivity index (χ4n) is 1.43. The van der Waals surface area contributed by atoms with Gasteiger partial charge in [0.05, 0.1) is 0 Å². The molecule has 0 aromatic rings. The van der Waals surface area contributed by atoms with Gasteiger partial charge in [0.1, 0.15) is 0 Å². The van der Waals surface area contributed by atoms with Crippen LogP contribution < -0.4 is 10.6 Å². The van der Waals surface area contributed by atoms with Crippen molar-refractivity contribution in [1.29, 1.82) is 0 Å². The molecule has 1 aliphatic carbocycles. The Morgan fingerprint density at radius 3 is 2.79 bits per heavy atom. The highest BCUT2D eigenvalue weighted by Crippen LogP contribution is 2.18. The van der Waals surface area contributed by atoms with E-state index in [1.165, 1.54) is 0 Å². The number of rotatable bonds is 7. The minimum absolute atomic E-state index is 0.00347. The molecular formula is C10H18N2O2. The summed E-state index contributed by atoms with van der Waals surface area (Å²) in [5, 5.41) is 5.57. The molecule has 0 aromatic carbocycles. The highest BCUT2D eigenvalue weighted by Gasteiger charge is 2.24. The molecule has 2 amide bonds. The zero-order valence-electron chi connectivity index (χ0n) is 8.58. The largest absolute Gasteiger partial charge is 0.355 e. The number of amides is 2. The summed E-state index contributed by atoms with van der Waals surface area (Å²) in [6.45, 7) is 2.04. The first-order valence-electron chi connectivity index (χ1n) is 5.25. The van der Waals surface area contributed by atoms with Crippen LogP contribution in [0.5, 0.6) is 0 Å². The number of hydrogen-bond donors (Lipinski definition) is 2. The first-order chi connectivity index (χ1) is 6.76. The van der Waals surface area contributed by atoms with Crippen LogP contribution in [-0.2, 0) is 9.59 Å². The van der Waals surface area contributed by atoms with Crippen LogP contribution in [0.15, 0.2) is 0 Å². The van der Waals surface area contributed by atoms with Crippen LogP contribution in [0.2, 0.25) is 0 Å².